The van der Waals surface area contributed by atoms with Gasteiger partial charge in [-0.3, -0.25) is 4.79 Å². The molecule has 0 saturated heterocycles. The first-order valence-electron chi connectivity index (χ1n) is 11.3. The van der Waals surface area contributed by atoms with Crippen LogP contribution in [-0.2, 0) is 11.3 Å². The van der Waals surface area contributed by atoms with Gasteiger partial charge >= 0.3 is 5.97 Å². The molecule has 1 fully saturated rings. The highest BCUT2D eigenvalue weighted by molar-refractivity contribution is 7.80. The number of aromatic nitrogens is 1. The molecule has 1 heterocycles. The fourth-order valence-corrected chi connectivity index (χ4v) is 4.89. The monoisotopic (exact) mass is 463 g/mol. The molecule has 0 atom stereocenters. The van der Waals surface area contributed by atoms with Crippen molar-refractivity contribution >= 4 is 39.9 Å². The van der Waals surface area contributed by atoms with E-state index in [1.165, 1.54) is 7.11 Å². The summed E-state index contributed by atoms with van der Waals surface area (Å²) in [6.07, 6.45) is 4.30. The maximum Gasteiger partial charge on any atom is 0.339 e. The molecular formula is C26H29N3O3S. The Morgan fingerprint density at radius 3 is 2.58 bits per heavy atom. The molecule has 1 aromatic heterocycles. The van der Waals surface area contributed by atoms with Gasteiger partial charge in [0.15, 0.2) is 5.11 Å². The number of anilines is 1. The largest absolute Gasteiger partial charge is 0.465 e. The van der Waals surface area contributed by atoms with E-state index >= 15 is 0 Å². The fraction of sp³-hybridized carbons (Fsp3) is 0.346. The number of fused-ring (bicyclic) bond motifs is 1. The van der Waals surface area contributed by atoms with Crippen LogP contribution in [0.4, 0.5) is 5.69 Å². The van der Waals surface area contributed by atoms with E-state index in [0.717, 1.165) is 47.7 Å². The highest BCUT2D eigenvalue weighted by Gasteiger charge is 2.26. The predicted molar refractivity (Wildman–Crippen MR) is 136 cm³/mol. The molecule has 0 radical (unpaired) electrons. The Balaban J connectivity index is 1.68. The molecule has 2 N–H and O–H groups in total. The molecule has 1 saturated carbocycles. The van der Waals surface area contributed by atoms with Crippen molar-refractivity contribution in [3.05, 3.63) is 75.1 Å². The molecule has 172 valence electrons. The summed E-state index contributed by atoms with van der Waals surface area (Å²) in [7, 11) is 1.36. The van der Waals surface area contributed by atoms with Gasteiger partial charge in [-0.25, -0.2) is 4.79 Å². The first-order chi connectivity index (χ1) is 15.9. The van der Waals surface area contributed by atoms with E-state index in [0.29, 0.717) is 28.5 Å². The minimum absolute atomic E-state index is 0.100. The Bertz CT molecular complexity index is 1260. The number of esters is 1. The third-order valence-electron chi connectivity index (χ3n) is 6.46. The first-order valence-corrected chi connectivity index (χ1v) is 11.7. The van der Waals surface area contributed by atoms with E-state index in [1.807, 2.05) is 25.1 Å². The number of nitrogens with zero attached hydrogens (tertiary/aromatic N) is 1. The second kappa shape index (κ2) is 9.75. The zero-order valence-corrected chi connectivity index (χ0v) is 20.1. The average molecular weight is 464 g/mol. The third-order valence-corrected chi connectivity index (χ3v) is 6.80. The maximum atomic E-state index is 13.0. The van der Waals surface area contributed by atoms with Crippen LogP contribution >= 0.6 is 12.2 Å². The standard InChI is InChI=1S/C26H29N3O3S/c1-16-12-13-17(2)23-21(16)14-18(24(30)28-23)15-29(19-8-4-5-9-19)26(33)27-22-11-7-6-10-20(22)25(31)32-3/h6-7,10-14,19H,4-5,8-9,15H2,1-3H3,(H,27,33)(H,28,30). The molecule has 33 heavy (non-hydrogen) atoms. The third kappa shape index (κ3) is 4.78. The number of thiocarbonyl (C=S) groups is 1. The summed E-state index contributed by atoms with van der Waals surface area (Å²) >= 11 is 5.81. The van der Waals surface area contributed by atoms with Crippen LogP contribution in [0, 0.1) is 13.8 Å². The smallest absolute Gasteiger partial charge is 0.339 e. The number of methoxy groups -OCH3 is 1. The molecule has 0 unspecified atom stereocenters. The molecule has 1 aliphatic carbocycles. The predicted octanol–water partition coefficient (Wildman–Crippen LogP) is 5.07. The number of pyridine rings is 1. The summed E-state index contributed by atoms with van der Waals surface area (Å²) in [4.78, 5) is 30.4. The van der Waals surface area contributed by atoms with Crippen LogP contribution in [0.5, 0.6) is 0 Å². The number of aryl methyl sites for hydroxylation is 2. The van der Waals surface area contributed by atoms with Crippen LogP contribution in [0.15, 0.2) is 47.3 Å². The lowest BCUT2D eigenvalue weighted by Crippen LogP contribution is -2.42. The minimum atomic E-state index is -0.426. The Labute approximate surface area is 199 Å². The molecule has 0 amide bonds. The Kier molecular flexibility index (Phi) is 6.79. The normalized spacial score (nSPS) is 13.8. The molecule has 4 rings (SSSR count). The van der Waals surface area contributed by atoms with E-state index in [-0.39, 0.29) is 11.6 Å². The van der Waals surface area contributed by atoms with Gasteiger partial charge in [0.25, 0.3) is 5.56 Å². The Hall–Kier alpha value is -3.19. The lowest BCUT2D eigenvalue weighted by atomic mass is 10.0. The van der Waals surface area contributed by atoms with Gasteiger partial charge in [-0.15, -0.1) is 0 Å². The second-order valence-corrected chi connectivity index (χ2v) is 9.03. The van der Waals surface area contributed by atoms with Crippen LogP contribution in [0.2, 0.25) is 0 Å². The van der Waals surface area contributed by atoms with Crippen molar-refractivity contribution in [2.45, 2.75) is 52.1 Å². The van der Waals surface area contributed by atoms with Crippen LogP contribution in [-0.4, -0.2) is 34.1 Å². The van der Waals surface area contributed by atoms with E-state index in [9.17, 15) is 9.59 Å². The number of hydrogen-bond acceptors (Lipinski definition) is 4. The number of carbonyl (C=O) groups is 1. The summed E-state index contributed by atoms with van der Waals surface area (Å²) < 4.78 is 4.91. The number of nitrogens with one attached hydrogen (secondary N) is 2. The molecule has 1 aliphatic rings. The van der Waals surface area contributed by atoms with Crippen molar-refractivity contribution in [3.63, 3.8) is 0 Å². The number of rotatable bonds is 5. The number of hydrogen-bond donors (Lipinski definition) is 2. The second-order valence-electron chi connectivity index (χ2n) is 8.65. The number of aromatic amines is 1. The van der Waals surface area contributed by atoms with Crippen molar-refractivity contribution < 1.29 is 9.53 Å². The van der Waals surface area contributed by atoms with Crippen molar-refractivity contribution in [1.82, 2.24) is 9.88 Å². The summed E-state index contributed by atoms with van der Waals surface area (Å²) in [6, 6.07) is 13.5. The van der Waals surface area contributed by atoms with Crippen LogP contribution in [0.3, 0.4) is 0 Å². The van der Waals surface area contributed by atoms with Gasteiger partial charge < -0.3 is 19.9 Å². The van der Waals surface area contributed by atoms with Gasteiger partial charge in [0, 0.05) is 17.0 Å². The highest BCUT2D eigenvalue weighted by Crippen LogP contribution is 2.27. The van der Waals surface area contributed by atoms with Gasteiger partial charge in [-0.05, 0) is 68.2 Å². The van der Waals surface area contributed by atoms with Crippen molar-refractivity contribution in [2.75, 3.05) is 12.4 Å². The van der Waals surface area contributed by atoms with Gasteiger partial charge in [-0.1, -0.05) is 37.1 Å². The van der Waals surface area contributed by atoms with E-state index in [4.69, 9.17) is 17.0 Å². The van der Waals surface area contributed by atoms with E-state index in [2.05, 4.69) is 28.2 Å². The highest BCUT2D eigenvalue weighted by atomic mass is 32.1. The van der Waals surface area contributed by atoms with E-state index in [1.54, 1.807) is 18.2 Å². The number of benzene rings is 2. The quantitative estimate of drug-likeness (QED) is 0.406. The maximum absolute atomic E-state index is 13.0. The zero-order chi connectivity index (χ0) is 23.5. The van der Waals surface area contributed by atoms with Gasteiger partial charge in [0.2, 0.25) is 0 Å². The molecule has 3 aromatic rings. The number of ether oxygens (including phenoxy) is 1. The van der Waals surface area contributed by atoms with Gasteiger partial charge in [0.1, 0.15) is 0 Å². The van der Waals surface area contributed by atoms with E-state index < -0.39 is 5.97 Å². The lowest BCUT2D eigenvalue weighted by Gasteiger charge is -2.32. The molecular weight excluding hydrogens is 434 g/mol. The first kappa shape index (κ1) is 23.0. The van der Waals surface area contributed by atoms with Crippen LogP contribution in [0.25, 0.3) is 10.9 Å². The topological polar surface area (TPSA) is 74.4 Å². The summed E-state index contributed by atoms with van der Waals surface area (Å²) in [5.74, 6) is -0.426. The zero-order valence-electron chi connectivity index (χ0n) is 19.2. The van der Waals surface area contributed by atoms with Crippen molar-refractivity contribution in [1.29, 1.82) is 0 Å². The lowest BCUT2D eigenvalue weighted by molar-refractivity contribution is 0.0602. The van der Waals surface area contributed by atoms with Gasteiger partial charge in [0.05, 0.1) is 30.4 Å². The van der Waals surface area contributed by atoms with Gasteiger partial charge in [-0.2, -0.15) is 0 Å². The minimum Gasteiger partial charge on any atom is -0.465 e. The molecule has 6 nitrogen and oxygen atoms in total. The molecule has 7 heteroatoms. The number of para-hydroxylation sites is 1. The SMILES string of the molecule is COC(=O)c1ccccc1NC(=S)N(Cc1cc2c(C)ccc(C)c2[nH]c1=O)C1CCCC1. The molecule has 0 bridgehead atoms. The molecule has 2 aromatic carbocycles. The summed E-state index contributed by atoms with van der Waals surface area (Å²) in [6.45, 7) is 4.45. The van der Waals surface area contributed by atoms with Crippen molar-refractivity contribution in [2.24, 2.45) is 0 Å². The molecule has 0 spiro atoms. The van der Waals surface area contributed by atoms with Crippen LogP contribution < -0.4 is 10.9 Å². The number of H-pyrrole nitrogens is 1. The molecule has 0 aliphatic heterocycles. The van der Waals surface area contributed by atoms with Crippen LogP contribution in [0.1, 0.15) is 52.7 Å². The Morgan fingerprint density at radius 1 is 1.15 bits per heavy atom. The Morgan fingerprint density at radius 2 is 1.85 bits per heavy atom. The summed E-state index contributed by atoms with van der Waals surface area (Å²) in [5, 5.41) is 4.79. The summed E-state index contributed by atoms with van der Waals surface area (Å²) in [5.41, 5.74) is 4.63. The number of carbonyl (C=O) groups excluding carboxylic acids is 1. The average Bonchev–Trinajstić information content (AvgIpc) is 3.35. The fourth-order valence-electron chi connectivity index (χ4n) is 4.57. The van der Waals surface area contributed by atoms with Crippen molar-refractivity contribution in [3.8, 4) is 0 Å².